The lowest BCUT2D eigenvalue weighted by atomic mass is 10.2. The van der Waals surface area contributed by atoms with Gasteiger partial charge in [-0.05, 0) is 24.3 Å². The summed E-state index contributed by atoms with van der Waals surface area (Å²) in [7, 11) is 0. The van der Waals surface area contributed by atoms with Crippen LogP contribution in [0.3, 0.4) is 0 Å². The van der Waals surface area contributed by atoms with E-state index in [1.807, 2.05) is 0 Å². The van der Waals surface area contributed by atoms with Crippen LogP contribution >= 0.6 is 34.8 Å². The summed E-state index contributed by atoms with van der Waals surface area (Å²) in [5, 5.41) is 16.9. The van der Waals surface area contributed by atoms with E-state index in [-0.39, 0.29) is 35.1 Å². The number of nitrogens with one attached hydrogen (secondary N) is 2. The molecule has 136 valence electrons. The molecule has 2 aromatic rings. The van der Waals surface area contributed by atoms with E-state index in [1.165, 1.54) is 18.3 Å². The maximum Gasteiger partial charge on any atom is 0.240 e. The van der Waals surface area contributed by atoms with Crippen LogP contribution in [0, 0.1) is 0 Å². The Hall–Kier alpha value is -2.28. The highest BCUT2D eigenvalue weighted by Crippen LogP contribution is 2.29. The van der Waals surface area contributed by atoms with E-state index >= 15 is 0 Å². The number of amides is 2. The van der Waals surface area contributed by atoms with Crippen LogP contribution in [-0.4, -0.2) is 23.1 Å². The Labute approximate surface area is 164 Å². The number of benzene rings is 2. The zero-order chi connectivity index (χ0) is 19.1. The van der Waals surface area contributed by atoms with Crippen LogP contribution in [-0.2, 0) is 9.59 Å². The van der Waals surface area contributed by atoms with Gasteiger partial charge in [-0.2, -0.15) is 5.10 Å². The van der Waals surface area contributed by atoms with Gasteiger partial charge in [-0.1, -0.05) is 46.9 Å². The van der Waals surface area contributed by atoms with E-state index < -0.39 is 5.91 Å². The van der Waals surface area contributed by atoms with Crippen molar-refractivity contribution in [2.45, 2.75) is 12.8 Å². The second kappa shape index (κ2) is 9.43. The number of carbonyl (C=O) groups excluding carboxylic acids is 2. The highest BCUT2D eigenvalue weighted by Gasteiger charge is 2.09. The van der Waals surface area contributed by atoms with Crippen molar-refractivity contribution in [1.29, 1.82) is 0 Å². The van der Waals surface area contributed by atoms with Crippen molar-refractivity contribution in [2.24, 2.45) is 5.10 Å². The molecule has 0 fully saturated rings. The minimum Gasteiger partial charge on any atom is -0.506 e. The molecule has 2 aromatic carbocycles. The van der Waals surface area contributed by atoms with Crippen LogP contribution in [0.2, 0.25) is 15.1 Å². The third-order valence-electron chi connectivity index (χ3n) is 3.18. The number of phenols is 1. The number of hydrogen-bond donors (Lipinski definition) is 3. The first-order valence-electron chi connectivity index (χ1n) is 7.41. The summed E-state index contributed by atoms with van der Waals surface area (Å²) in [5.41, 5.74) is 2.98. The molecule has 26 heavy (non-hydrogen) atoms. The van der Waals surface area contributed by atoms with Crippen LogP contribution < -0.4 is 10.7 Å². The van der Waals surface area contributed by atoms with Gasteiger partial charge in [0.05, 0.1) is 21.9 Å². The molecule has 0 aromatic heterocycles. The summed E-state index contributed by atoms with van der Waals surface area (Å²) >= 11 is 17.6. The minimum atomic E-state index is -0.469. The number of aromatic hydroxyl groups is 1. The van der Waals surface area contributed by atoms with Gasteiger partial charge in [0.1, 0.15) is 5.75 Å². The standard InChI is InChI=1S/C17H14Cl3N3O3/c18-11-7-10(17(26)13(20)8-11)9-21-23-16(25)6-5-15(24)22-14-4-2-1-3-12(14)19/h1-4,7-9,26H,5-6H2,(H,22,24)(H,23,25). The smallest absolute Gasteiger partial charge is 0.240 e. The van der Waals surface area contributed by atoms with E-state index in [9.17, 15) is 14.7 Å². The lowest BCUT2D eigenvalue weighted by Crippen LogP contribution is -2.20. The molecule has 0 atom stereocenters. The van der Waals surface area contributed by atoms with Gasteiger partial charge < -0.3 is 10.4 Å². The maximum atomic E-state index is 11.8. The Bertz CT molecular complexity index is 856. The van der Waals surface area contributed by atoms with Gasteiger partial charge in [-0.25, -0.2) is 5.43 Å². The first kappa shape index (κ1) is 20.0. The molecular weight excluding hydrogens is 401 g/mol. The number of nitrogens with zero attached hydrogens (tertiary/aromatic N) is 1. The van der Waals surface area contributed by atoms with Crippen molar-refractivity contribution in [3.63, 3.8) is 0 Å². The van der Waals surface area contributed by atoms with Gasteiger partial charge in [-0.15, -0.1) is 0 Å². The molecule has 0 spiro atoms. The summed E-state index contributed by atoms with van der Waals surface area (Å²) < 4.78 is 0. The molecule has 0 saturated heterocycles. The molecule has 0 saturated carbocycles. The molecule has 9 heteroatoms. The van der Waals surface area contributed by atoms with E-state index in [4.69, 9.17) is 34.8 Å². The van der Waals surface area contributed by atoms with Crippen molar-refractivity contribution < 1.29 is 14.7 Å². The molecule has 0 aliphatic rings. The number of carbonyl (C=O) groups is 2. The number of phenolic OH excluding ortho intramolecular Hbond substituents is 1. The Balaban J connectivity index is 1.82. The molecule has 6 nitrogen and oxygen atoms in total. The minimum absolute atomic E-state index is 0.0409. The molecule has 0 aliphatic carbocycles. The summed E-state index contributed by atoms with van der Waals surface area (Å²) in [6.07, 6.45) is 1.09. The molecule has 0 heterocycles. The van der Waals surface area contributed by atoms with Crippen LogP contribution in [0.5, 0.6) is 5.75 Å². The number of para-hydroxylation sites is 1. The van der Waals surface area contributed by atoms with Gasteiger partial charge in [0, 0.05) is 23.4 Å². The third-order valence-corrected chi connectivity index (χ3v) is 4.01. The van der Waals surface area contributed by atoms with Gasteiger partial charge in [0.2, 0.25) is 11.8 Å². The van der Waals surface area contributed by atoms with Crippen molar-refractivity contribution in [2.75, 3.05) is 5.32 Å². The van der Waals surface area contributed by atoms with E-state index in [0.29, 0.717) is 15.7 Å². The average molecular weight is 415 g/mol. The Morgan fingerprint density at radius 1 is 1.04 bits per heavy atom. The first-order chi connectivity index (χ1) is 12.4. The highest BCUT2D eigenvalue weighted by atomic mass is 35.5. The SMILES string of the molecule is O=C(CCC(=O)Nc1ccccc1Cl)NN=Cc1cc(Cl)cc(Cl)c1O. The van der Waals surface area contributed by atoms with Gasteiger partial charge in [0.15, 0.2) is 0 Å². The molecule has 0 aliphatic heterocycles. The number of hydrazone groups is 1. The Morgan fingerprint density at radius 2 is 1.73 bits per heavy atom. The molecule has 0 radical (unpaired) electrons. The first-order valence-corrected chi connectivity index (χ1v) is 8.54. The molecule has 0 unspecified atom stereocenters. The predicted molar refractivity (Wildman–Crippen MR) is 103 cm³/mol. The van der Waals surface area contributed by atoms with Crippen LogP contribution in [0.15, 0.2) is 41.5 Å². The fraction of sp³-hybridized carbons (Fsp3) is 0.118. The van der Waals surface area contributed by atoms with Crippen molar-refractivity contribution in [1.82, 2.24) is 5.43 Å². The van der Waals surface area contributed by atoms with Gasteiger partial charge in [0.25, 0.3) is 0 Å². The second-order valence-corrected chi connectivity index (χ2v) is 6.40. The second-order valence-electron chi connectivity index (χ2n) is 5.15. The van der Waals surface area contributed by atoms with E-state index in [0.717, 1.165) is 0 Å². The summed E-state index contributed by atoms with van der Waals surface area (Å²) in [4.78, 5) is 23.6. The Morgan fingerprint density at radius 3 is 2.46 bits per heavy atom. The molecule has 2 rings (SSSR count). The lowest BCUT2D eigenvalue weighted by Gasteiger charge is -2.06. The third kappa shape index (κ3) is 5.91. The predicted octanol–water partition coefficient (Wildman–Crippen LogP) is 4.22. The number of hydrogen-bond acceptors (Lipinski definition) is 4. The highest BCUT2D eigenvalue weighted by molar-refractivity contribution is 6.36. The average Bonchev–Trinajstić information content (AvgIpc) is 2.59. The van der Waals surface area contributed by atoms with Crippen LogP contribution in [0.4, 0.5) is 5.69 Å². The molecular formula is C17H14Cl3N3O3. The fourth-order valence-corrected chi connectivity index (χ4v) is 2.61. The van der Waals surface area contributed by atoms with Crippen molar-refractivity contribution >= 4 is 58.5 Å². The van der Waals surface area contributed by atoms with Gasteiger partial charge >= 0.3 is 0 Å². The Kier molecular flexibility index (Phi) is 7.26. The van der Waals surface area contributed by atoms with Gasteiger partial charge in [-0.3, -0.25) is 9.59 Å². The number of halogens is 3. The summed E-state index contributed by atoms with van der Waals surface area (Å²) in [6.45, 7) is 0. The van der Waals surface area contributed by atoms with Crippen LogP contribution in [0.1, 0.15) is 18.4 Å². The van der Waals surface area contributed by atoms with Crippen molar-refractivity contribution in [3.05, 3.63) is 57.0 Å². The largest absolute Gasteiger partial charge is 0.506 e. The summed E-state index contributed by atoms with van der Waals surface area (Å²) in [5.74, 6) is -1.02. The molecule has 0 bridgehead atoms. The zero-order valence-corrected chi connectivity index (χ0v) is 15.6. The number of rotatable bonds is 6. The quantitative estimate of drug-likeness (QED) is 0.488. The normalized spacial score (nSPS) is 10.7. The van der Waals surface area contributed by atoms with Crippen LogP contribution in [0.25, 0.3) is 0 Å². The topological polar surface area (TPSA) is 90.8 Å². The van der Waals surface area contributed by atoms with Crippen molar-refractivity contribution in [3.8, 4) is 5.75 Å². The lowest BCUT2D eigenvalue weighted by molar-refractivity contribution is -0.124. The van der Waals surface area contributed by atoms with E-state index in [1.54, 1.807) is 24.3 Å². The molecule has 3 N–H and O–H groups in total. The summed E-state index contributed by atoms with van der Waals surface area (Å²) in [6, 6.07) is 9.61. The number of anilines is 1. The monoisotopic (exact) mass is 413 g/mol. The maximum absolute atomic E-state index is 11.8. The zero-order valence-electron chi connectivity index (χ0n) is 13.3. The fourth-order valence-electron chi connectivity index (χ4n) is 1.92. The molecule has 2 amide bonds. The van der Waals surface area contributed by atoms with E-state index in [2.05, 4.69) is 15.8 Å².